The molecule has 0 saturated carbocycles. The molecule has 0 amide bonds. The van der Waals surface area contributed by atoms with Crippen molar-refractivity contribution in [3.8, 4) is 11.4 Å². The van der Waals surface area contributed by atoms with Gasteiger partial charge in [-0.15, -0.1) is 0 Å². The highest BCUT2D eigenvalue weighted by Crippen LogP contribution is 2.19. The maximum absolute atomic E-state index is 11.0. The van der Waals surface area contributed by atoms with E-state index in [2.05, 4.69) is 15.1 Å². The highest BCUT2D eigenvalue weighted by molar-refractivity contribution is 5.92. The van der Waals surface area contributed by atoms with Crippen LogP contribution in [0.15, 0.2) is 18.5 Å². The van der Waals surface area contributed by atoms with E-state index in [9.17, 15) is 4.79 Å². The maximum atomic E-state index is 11.0. The second-order valence-corrected chi connectivity index (χ2v) is 3.36. The molecule has 0 radical (unpaired) electrons. The molecular weight excluding hydrogens is 208 g/mol. The molecule has 0 saturated heterocycles. The van der Waals surface area contributed by atoms with Gasteiger partial charge in [0.05, 0.1) is 11.8 Å². The van der Waals surface area contributed by atoms with Crippen LogP contribution in [0, 0.1) is 6.92 Å². The SMILES string of the molecule is Cc1ccnc(-c2cnn(C)c2C(=O)O)n1. The first kappa shape index (κ1) is 10.3. The van der Waals surface area contributed by atoms with E-state index < -0.39 is 5.97 Å². The molecule has 2 heterocycles. The number of rotatable bonds is 2. The Morgan fingerprint density at radius 3 is 2.88 bits per heavy atom. The van der Waals surface area contributed by atoms with Crippen molar-refractivity contribution in [2.24, 2.45) is 7.05 Å². The Kier molecular flexibility index (Phi) is 2.40. The Labute approximate surface area is 91.6 Å². The van der Waals surface area contributed by atoms with Crippen LogP contribution in [0.1, 0.15) is 16.2 Å². The Morgan fingerprint density at radius 1 is 1.50 bits per heavy atom. The average molecular weight is 218 g/mol. The number of carboxylic acids is 1. The van der Waals surface area contributed by atoms with E-state index in [1.807, 2.05) is 6.92 Å². The summed E-state index contributed by atoms with van der Waals surface area (Å²) in [5.74, 6) is -0.661. The number of aryl methyl sites for hydroxylation is 2. The lowest BCUT2D eigenvalue weighted by Crippen LogP contribution is -2.07. The summed E-state index contributed by atoms with van der Waals surface area (Å²) in [5.41, 5.74) is 1.30. The Morgan fingerprint density at radius 2 is 2.25 bits per heavy atom. The second kappa shape index (κ2) is 3.73. The van der Waals surface area contributed by atoms with Crippen LogP contribution in [-0.2, 0) is 7.05 Å². The van der Waals surface area contributed by atoms with Gasteiger partial charge in [0.25, 0.3) is 0 Å². The number of hydrogen-bond donors (Lipinski definition) is 1. The molecule has 0 spiro atoms. The third-order valence-electron chi connectivity index (χ3n) is 2.18. The minimum atomic E-state index is -1.04. The smallest absolute Gasteiger partial charge is 0.354 e. The lowest BCUT2D eigenvalue weighted by atomic mass is 10.2. The van der Waals surface area contributed by atoms with Gasteiger partial charge in [0.15, 0.2) is 11.5 Å². The van der Waals surface area contributed by atoms with Gasteiger partial charge in [-0.3, -0.25) is 4.68 Å². The van der Waals surface area contributed by atoms with Gasteiger partial charge in [0, 0.05) is 18.9 Å². The summed E-state index contributed by atoms with van der Waals surface area (Å²) < 4.78 is 1.30. The highest BCUT2D eigenvalue weighted by atomic mass is 16.4. The fraction of sp³-hybridized carbons (Fsp3) is 0.200. The molecule has 0 aliphatic heterocycles. The number of carboxylic acid groups (broad SMARTS) is 1. The zero-order valence-corrected chi connectivity index (χ0v) is 8.88. The molecule has 0 aliphatic carbocycles. The fourth-order valence-electron chi connectivity index (χ4n) is 1.43. The normalized spacial score (nSPS) is 10.4. The molecule has 1 N–H and O–H groups in total. The van der Waals surface area contributed by atoms with Crippen LogP contribution in [0.4, 0.5) is 0 Å². The molecule has 2 aromatic rings. The van der Waals surface area contributed by atoms with Crippen molar-refractivity contribution in [2.45, 2.75) is 6.92 Å². The van der Waals surface area contributed by atoms with Gasteiger partial charge >= 0.3 is 5.97 Å². The molecule has 16 heavy (non-hydrogen) atoms. The fourth-order valence-corrected chi connectivity index (χ4v) is 1.43. The van der Waals surface area contributed by atoms with E-state index >= 15 is 0 Å². The van der Waals surface area contributed by atoms with Gasteiger partial charge < -0.3 is 5.11 Å². The van der Waals surface area contributed by atoms with E-state index in [4.69, 9.17) is 5.11 Å². The number of aromatic nitrogens is 4. The number of aromatic carboxylic acids is 1. The number of carbonyl (C=O) groups is 1. The first-order chi connectivity index (χ1) is 7.59. The van der Waals surface area contributed by atoms with Gasteiger partial charge in [0.1, 0.15) is 0 Å². The molecule has 82 valence electrons. The van der Waals surface area contributed by atoms with Crippen LogP contribution in [0.3, 0.4) is 0 Å². The topological polar surface area (TPSA) is 80.9 Å². The number of nitrogens with zero attached hydrogens (tertiary/aromatic N) is 4. The van der Waals surface area contributed by atoms with Gasteiger partial charge in [-0.05, 0) is 13.0 Å². The van der Waals surface area contributed by atoms with E-state index in [0.717, 1.165) is 5.69 Å². The zero-order chi connectivity index (χ0) is 11.7. The summed E-state index contributed by atoms with van der Waals surface area (Å²) in [6, 6.07) is 1.75. The van der Waals surface area contributed by atoms with Crippen LogP contribution in [0.5, 0.6) is 0 Å². The molecule has 0 bridgehead atoms. The van der Waals surface area contributed by atoms with Gasteiger partial charge in [-0.2, -0.15) is 5.10 Å². The predicted molar refractivity (Wildman–Crippen MR) is 55.9 cm³/mol. The van der Waals surface area contributed by atoms with E-state index in [0.29, 0.717) is 11.4 Å². The van der Waals surface area contributed by atoms with Crippen molar-refractivity contribution < 1.29 is 9.90 Å². The van der Waals surface area contributed by atoms with Crippen molar-refractivity contribution in [3.63, 3.8) is 0 Å². The summed E-state index contributed by atoms with van der Waals surface area (Å²) in [4.78, 5) is 19.3. The van der Waals surface area contributed by atoms with E-state index in [1.54, 1.807) is 19.3 Å². The first-order valence-corrected chi connectivity index (χ1v) is 4.65. The quantitative estimate of drug-likeness (QED) is 0.809. The van der Waals surface area contributed by atoms with E-state index in [-0.39, 0.29) is 5.69 Å². The van der Waals surface area contributed by atoms with Crippen LogP contribution in [0.25, 0.3) is 11.4 Å². The molecule has 0 fully saturated rings. The average Bonchev–Trinajstić information content (AvgIpc) is 2.60. The molecule has 2 rings (SSSR count). The van der Waals surface area contributed by atoms with Crippen molar-refractivity contribution in [1.29, 1.82) is 0 Å². The summed E-state index contributed by atoms with van der Waals surface area (Å²) in [5, 5.41) is 12.9. The third kappa shape index (κ3) is 1.65. The minimum absolute atomic E-state index is 0.0885. The van der Waals surface area contributed by atoms with Crippen LogP contribution >= 0.6 is 0 Å². The number of hydrogen-bond acceptors (Lipinski definition) is 4. The van der Waals surface area contributed by atoms with E-state index in [1.165, 1.54) is 10.9 Å². The van der Waals surface area contributed by atoms with Gasteiger partial charge in [-0.1, -0.05) is 0 Å². The summed E-state index contributed by atoms with van der Waals surface area (Å²) in [6.45, 7) is 1.82. The predicted octanol–water partition coefficient (Wildman–Crippen LogP) is 0.884. The van der Waals surface area contributed by atoms with Crippen LogP contribution in [-0.4, -0.2) is 30.8 Å². The molecule has 0 unspecified atom stereocenters. The monoisotopic (exact) mass is 218 g/mol. The lowest BCUT2D eigenvalue weighted by molar-refractivity contribution is 0.0686. The first-order valence-electron chi connectivity index (χ1n) is 4.65. The Hall–Kier alpha value is -2.24. The second-order valence-electron chi connectivity index (χ2n) is 3.36. The molecule has 0 atom stereocenters. The lowest BCUT2D eigenvalue weighted by Gasteiger charge is -2.00. The van der Waals surface area contributed by atoms with Gasteiger partial charge in [0.2, 0.25) is 0 Å². The van der Waals surface area contributed by atoms with Crippen LogP contribution < -0.4 is 0 Å². The van der Waals surface area contributed by atoms with Crippen LogP contribution in [0.2, 0.25) is 0 Å². The maximum Gasteiger partial charge on any atom is 0.354 e. The Balaban J connectivity index is 2.60. The highest BCUT2D eigenvalue weighted by Gasteiger charge is 2.18. The summed E-state index contributed by atoms with van der Waals surface area (Å²) in [7, 11) is 1.57. The summed E-state index contributed by atoms with van der Waals surface area (Å²) >= 11 is 0. The third-order valence-corrected chi connectivity index (χ3v) is 2.18. The summed E-state index contributed by atoms with van der Waals surface area (Å²) in [6.07, 6.45) is 3.05. The Bertz CT molecular complexity index is 548. The van der Waals surface area contributed by atoms with Crippen molar-refractivity contribution in [1.82, 2.24) is 19.7 Å². The molecule has 6 nitrogen and oxygen atoms in total. The minimum Gasteiger partial charge on any atom is -0.477 e. The molecular formula is C10H10N4O2. The van der Waals surface area contributed by atoms with Gasteiger partial charge in [-0.25, -0.2) is 14.8 Å². The van der Waals surface area contributed by atoms with Crippen molar-refractivity contribution in [2.75, 3.05) is 0 Å². The zero-order valence-electron chi connectivity index (χ0n) is 8.88. The molecule has 2 aromatic heterocycles. The van der Waals surface area contributed by atoms with Crippen molar-refractivity contribution >= 4 is 5.97 Å². The molecule has 0 aliphatic rings. The van der Waals surface area contributed by atoms with Crippen molar-refractivity contribution in [3.05, 3.63) is 29.8 Å². The largest absolute Gasteiger partial charge is 0.477 e. The standard InChI is InChI=1S/C10H10N4O2/c1-6-3-4-11-9(13-6)7-5-12-14(2)8(7)10(15)16/h3-5H,1-2H3,(H,15,16). The molecule has 6 heteroatoms. The molecule has 0 aromatic carbocycles.